The van der Waals surface area contributed by atoms with Crippen molar-refractivity contribution in [3.05, 3.63) is 14.5 Å². The molecule has 0 fully saturated rings. The minimum absolute atomic E-state index is 0.207. The summed E-state index contributed by atoms with van der Waals surface area (Å²) in [6.45, 7) is 1.97. The number of halogens is 1. The molecule has 2 rings (SSSR count). The molecular formula is C7H6ClN5OS2. The summed E-state index contributed by atoms with van der Waals surface area (Å²) >= 11 is 7.92. The van der Waals surface area contributed by atoms with Crippen LogP contribution in [0.1, 0.15) is 21.7 Å². The van der Waals surface area contributed by atoms with Crippen LogP contribution >= 0.6 is 34.3 Å². The number of carbonyl (C=O) groups is 1. The molecule has 0 aromatic carbocycles. The van der Waals surface area contributed by atoms with Crippen LogP contribution in [-0.2, 0) is 6.42 Å². The van der Waals surface area contributed by atoms with Crippen molar-refractivity contribution in [2.45, 2.75) is 13.3 Å². The van der Waals surface area contributed by atoms with Crippen LogP contribution in [0.3, 0.4) is 0 Å². The summed E-state index contributed by atoms with van der Waals surface area (Å²) in [5.74, 6) is -0.372. The highest BCUT2D eigenvalue weighted by Gasteiger charge is 2.14. The third-order valence-electron chi connectivity index (χ3n) is 1.58. The molecule has 6 nitrogen and oxygen atoms in total. The minimum atomic E-state index is -0.372. The lowest BCUT2D eigenvalue weighted by Crippen LogP contribution is -2.11. The van der Waals surface area contributed by atoms with E-state index in [-0.39, 0.29) is 15.4 Å². The Morgan fingerprint density at radius 2 is 2.12 bits per heavy atom. The van der Waals surface area contributed by atoms with Crippen LogP contribution in [-0.4, -0.2) is 26.3 Å². The van der Waals surface area contributed by atoms with Gasteiger partial charge >= 0.3 is 0 Å². The average molecular weight is 276 g/mol. The van der Waals surface area contributed by atoms with Crippen LogP contribution in [0.25, 0.3) is 0 Å². The van der Waals surface area contributed by atoms with E-state index in [1.54, 1.807) is 0 Å². The quantitative estimate of drug-likeness (QED) is 0.925. The van der Waals surface area contributed by atoms with Crippen LogP contribution in [0, 0.1) is 0 Å². The van der Waals surface area contributed by atoms with Gasteiger partial charge in [-0.15, -0.1) is 20.4 Å². The van der Waals surface area contributed by atoms with Gasteiger partial charge in [-0.05, 0) is 18.0 Å². The van der Waals surface area contributed by atoms with E-state index in [1.165, 1.54) is 11.3 Å². The van der Waals surface area contributed by atoms with Gasteiger partial charge in [0.2, 0.25) is 14.6 Å². The highest BCUT2D eigenvalue weighted by atomic mass is 35.5. The number of aromatic nitrogens is 4. The topological polar surface area (TPSA) is 80.7 Å². The van der Waals surface area contributed by atoms with Gasteiger partial charge in [0.1, 0.15) is 5.01 Å². The molecule has 0 unspecified atom stereocenters. The van der Waals surface area contributed by atoms with Crippen LogP contribution in [0.2, 0.25) is 4.47 Å². The van der Waals surface area contributed by atoms with Gasteiger partial charge in [0.05, 0.1) is 0 Å². The molecule has 2 heterocycles. The fourth-order valence-electron chi connectivity index (χ4n) is 0.895. The molecule has 1 N–H and O–H groups in total. The third kappa shape index (κ3) is 2.52. The SMILES string of the molecule is CCc1nnc(NC(=O)c2nnc(Cl)s2)s1. The summed E-state index contributed by atoms with van der Waals surface area (Å²) in [6, 6.07) is 0. The Balaban J connectivity index is 2.07. The zero-order chi connectivity index (χ0) is 11.5. The molecule has 0 saturated carbocycles. The minimum Gasteiger partial charge on any atom is -0.294 e. The molecule has 0 saturated heterocycles. The molecule has 1 amide bonds. The molecule has 0 aliphatic carbocycles. The summed E-state index contributed by atoms with van der Waals surface area (Å²) < 4.78 is 0.233. The predicted molar refractivity (Wildman–Crippen MR) is 62.2 cm³/mol. The summed E-state index contributed by atoms with van der Waals surface area (Å²) in [5.41, 5.74) is 0. The number of anilines is 1. The lowest BCUT2D eigenvalue weighted by Gasteiger charge is -1.94. The lowest BCUT2D eigenvalue weighted by molar-refractivity contribution is 0.102. The van der Waals surface area contributed by atoms with E-state index < -0.39 is 0 Å². The number of amides is 1. The van der Waals surface area contributed by atoms with E-state index in [2.05, 4.69) is 25.7 Å². The molecule has 9 heteroatoms. The number of hydrogen-bond donors (Lipinski definition) is 1. The second-order valence-corrected chi connectivity index (χ2v) is 5.29. The van der Waals surface area contributed by atoms with Gasteiger partial charge in [-0.3, -0.25) is 10.1 Å². The number of hydrogen-bond acceptors (Lipinski definition) is 7. The lowest BCUT2D eigenvalue weighted by atomic mass is 10.5. The maximum absolute atomic E-state index is 11.6. The van der Waals surface area contributed by atoms with E-state index >= 15 is 0 Å². The van der Waals surface area contributed by atoms with Gasteiger partial charge in [-0.25, -0.2) is 0 Å². The van der Waals surface area contributed by atoms with Crippen molar-refractivity contribution in [2.24, 2.45) is 0 Å². The third-order valence-corrected chi connectivity index (χ3v) is 3.58. The zero-order valence-electron chi connectivity index (χ0n) is 8.10. The number of nitrogens with zero attached hydrogens (tertiary/aromatic N) is 4. The van der Waals surface area contributed by atoms with Crippen molar-refractivity contribution in [2.75, 3.05) is 5.32 Å². The Morgan fingerprint density at radius 1 is 1.31 bits per heavy atom. The summed E-state index contributed by atoms with van der Waals surface area (Å²) in [7, 11) is 0. The van der Waals surface area contributed by atoms with E-state index in [0.29, 0.717) is 5.13 Å². The Labute approximate surface area is 104 Å². The van der Waals surface area contributed by atoms with Gasteiger partial charge in [-0.1, -0.05) is 29.6 Å². The van der Waals surface area contributed by atoms with Crippen molar-refractivity contribution in [3.63, 3.8) is 0 Å². The molecule has 0 spiro atoms. The fraction of sp³-hybridized carbons (Fsp3) is 0.286. The maximum atomic E-state index is 11.6. The van der Waals surface area contributed by atoms with Crippen molar-refractivity contribution in [3.8, 4) is 0 Å². The first-order valence-electron chi connectivity index (χ1n) is 4.31. The number of aryl methyl sites for hydroxylation is 1. The first-order valence-corrected chi connectivity index (χ1v) is 6.33. The number of nitrogens with one attached hydrogen (secondary N) is 1. The van der Waals surface area contributed by atoms with Gasteiger partial charge in [0, 0.05) is 0 Å². The van der Waals surface area contributed by atoms with Crippen LogP contribution in [0.15, 0.2) is 0 Å². The zero-order valence-corrected chi connectivity index (χ0v) is 10.5. The Morgan fingerprint density at radius 3 is 2.69 bits per heavy atom. The molecule has 16 heavy (non-hydrogen) atoms. The Bertz CT molecular complexity index is 510. The van der Waals surface area contributed by atoms with Crippen molar-refractivity contribution < 1.29 is 4.79 Å². The molecule has 2 aromatic heterocycles. The molecule has 2 aromatic rings. The summed E-state index contributed by atoms with van der Waals surface area (Å²) in [6.07, 6.45) is 0.790. The van der Waals surface area contributed by atoms with E-state index in [9.17, 15) is 4.79 Å². The van der Waals surface area contributed by atoms with Crippen molar-refractivity contribution in [1.82, 2.24) is 20.4 Å². The molecule has 0 bridgehead atoms. The Hall–Kier alpha value is -1.12. The smallest absolute Gasteiger partial charge is 0.288 e. The molecular weight excluding hydrogens is 270 g/mol. The number of rotatable bonds is 3. The standard InChI is InChI=1S/C7H6ClN5OS2/c1-2-3-10-13-7(15-3)9-4(14)5-11-12-6(8)16-5/h2H2,1H3,(H,9,13,14). The molecule has 0 aliphatic rings. The fourth-order valence-corrected chi connectivity index (χ4v) is 2.29. The van der Waals surface area contributed by atoms with Crippen LogP contribution < -0.4 is 5.32 Å². The maximum Gasteiger partial charge on any atom is 0.288 e. The van der Waals surface area contributed by atoms with E-state index in [4.69, 9.17) is 11.6 Å². The highest BCUT2D eigenvalue weighted by molar-refractivity contribution is 7.17. The van der Waals surface area contributed by atoms with Crippen molar-refractivity contribution >= 4 is 45.3 Å². The Kier molecular flexibility index (Phi) is 3.42. The van der Waals surface area contributed by atoms with E-state index in [1.807, 2.05) is 6.92 Å². The van der Waals surface area contributed by atoms with Gasteiger partial charge in [0.15, 0.2) is 0 Å². The number of carbonyl (C=O) groups excluding carboxylic acids is 1. The molecule has 0 atom stereocenters. The second kappa shape index (κ2) is 4.81. The highest BCUT2D eigenvalue weighted by Crippen LogP contribution is 2.19. The average Bonchev–Trinajstić information content (AvgIpc) is 2.87. The molecule has 84 valence electrons. The molecule has 0 aliphatic heterocycles. The monoisotopic (exact) mass is 275 g/mol. The molecule has 0 radical (unpaired) electrons. The summed E-state index contributed by atoms with van der Waals surface area (Å²) in [5, 5.41) is 19.0. The second-order valence-electron chi connectivity index (χ2n) is 2.67. The van der Waals surface area contributed by atoms with E-state index in [0.717, 1.165) is 22.8 Å². The van der Waals surface area contributed by atoms with Gasteiger partial charge < -0.3 is 0 Å². The first-order chi connectivity index (χ1) is 7.69. The summed E-state index contributed by atoms with van der Waals surface area (Å²) in [4.78, 5) is 11.6. The first kappa shape index (κ1) is 11.4. The van der Waals surface area contributed by atoms with Gasteiger partial charge in [0.25, 0.3) is 5.91 Å². The largest absolute Gasteiger partial charge is 0.294 e. The van der Waals surface area contributed by atoms with Crippen LogP contribution in [0.5, 0.6) is 0 Å². The van der Waals surface area contributed by atoms with Gasteiger partial charge in [-0.2, -0.15) is 0 Å². The van der Waals surface area contributed by atoms with Crippen LogP contribution in [0.4, 0.5) is 5.13 Å². The predicted octanol–water partition coefficient (Wildman–Crippen LogP) is 1.86. The normalized spacial score (nSPS) is 10.4. The van der Waals surface area contributed by atoms with Crippen molar-refractivity contribution in [1.29, 1.82) is 0 Å².